The molecule has 68 heavy (non-hydrogen) atoms. The lowest BCUT2D eigenvalue weighted by Crippen LogP contribution is -2.28. The molecule has 0 saturated heterocycles. The van der Waals surface area contributed by atoms with Crippen LogP contribution >= 0.6 is 0 Å². The van der Waals surface area contributed by atoms with Crippen molar-refractivity contribution in [1.29, 1.82) is 0 Å². The maximum absolute atomic E-state index is 13.9. The number of rotatable bonds is 16. The third kappa shape index (κ3) is 10.1. The van der Waals surface area contributed by atoms with Crippen molar-refractivity contribution in [2.45, 2.75) is 13.8 Å². The number of hydrogen-bond acceptors (Lipinski definition) is 16. The second kappa shape index (κ2) is 20.3. The van der Waals surface area contributed by atoms with E-state index in [4.69, 9.17) is 23.9 Å². The smallest absolute Gasteiger partial charge is 0.307 e. The molecule has 4 aromatic heterocycles. The Kier molecular flexibility index (Phi) is 14.1. The van der Waals surface area contributed by atoms with E-state index in [-0.39, 0.29) is 23.1 Å². The van der Waals surface area contributed by atoms with E-state index in [1.54, 1.807) is 32.7 Å². The minimum Gasteiger partial charge on any atom is -0.497 e. The number of fused-ring (bicyclic) bond motifs is 2. The molecule has 4 N–H and O–H groups in total. The molecular formula is C47H49FN12O8. The number of H-pyrrole nitrogens is 2. The molecule has 4 aromatic carbocycles. The van der Waals surface area contributed by atoms with E-state index in [9.17, 15) is 24.6 Å². The molecule has 0 atom stereocenters. The number of benzene rings is 4. The fourth-order valence-corrected chi connectivity index (χ4v) is 7.34. The monoisotopic (exact) mass is 928 g/mol. The Hall–Kier alpha value is -8.59. The van der Waals surface area contributed by atoms with E-state index >= 15 is 0 Å². The average Bonchev–Trinajstić information content (AvgIpc) is 3.96. The molecule has 0 aliphatic carbocycles. The largest absolute Gasteiger partial charge is 0.497 e. The Morgan fingerprint density at radius 1 is 0.647 bits per heavy atom. The standard InChI is InChI=1S/C26H31N7O4.C21H18FN5O4/c1-16-14-28-26(30-25(16)19-15-27-20-11-17(36-5)7-8-18(19)20)29-21-12-23(33(34)35)22(13-24(21)37-6)32(4)10-9-31(2)3;1-11-9-24-21(25-17-8-18(27(28)29)15(22)7-19(17)31-3)26-20(11)14-10-23-16-6-12(30-2)4-5-13(14)16/h7-8,11-15,27H,9-10H2,1-6H3,(H,28,29,30);4-10,23H,1-3H3,(H,24,25,26). The maximum atomic E-state index is 13.9. The van der Waals surface area contributed by atoms with Crippen LogP contribution in [0, 0.1) is 39.9 Å². The molecule has 0 unspecified atom stereocenters. The van der Waals surface area contributed by atoms with Crippen molar-refractivity contribution in [3.8, 4) is 45.5 Å². The van der Waals surface area contributed by atoms with Gasteiger partial charge in [0.25, 0.3) is 5.69 Å². The first kappa shape index (κ1) is 47.4. The lowest BCUT2D eigenvalue weighted by Gasteiger charge is -2.22. The molecule has 0 spiro atoms. The van der Waals surface area contributed by atoms with Crippen LogP contribution in [-0.2, 0) is 0 Å². The predicted molar refractivity (Wildman–Crippen MR) is 259 cm³/mol. The Balaban J connectivity index is 0.000000204. The summed E-state index contributed by atoms with van der Waals surface area (Å²) in [5.41, 5.74) is 7.04. The van der Waals surface area contributed by atoms with Gasteiger partial charge in [-0.15, -0.1) is 0 Å². The molecule has 0 saturated carbocycles. The highest BCUT2D eigenvalue weighted by Gasteiger charge is 2.24. The quantitative estimate of drug-likeness (QED) is 0.0521. The molecule has 8 rings (SSSR count). The molecular weight excluding hydrogens is 880 g/mol. The number of halogens is 1. The van der Waals surface area contributed by atoms with E-state index in [1.807, 2.05) is 93.6 Å². The summed E-state index contributed by atoms with van der Waals surface area (Å²) in [6, 6.07) is 16.6. The molecule has 0 aliphatic heterocycles. The van der Waals surface area contributed by atoms with Crippen LogP contribution < -0.4 is 34.5 Å². The van der Waals surface area contributed by atoms with Crippen LogP contribution in [0.15, 0.2) is 85.5 Å². The number of nitro benzene ring substituents is 2. The third-order valence-electron chi connectivity index (χ3n) is 11.0. The van der Waals surface area contributed by atoms with Gasteiger partial charge >= 0.3 is 5.69 Å². The highest BCUT2D eigenvalue weighted by atomic mass is 19.1. The van der Waals surface area contributed by atoms with Crippen LogP contribution in [0.2, 0.25) is 0 Å². The Morgan fingerprint density at radius 3 is 1.56 bits per heavy atom. The maximum Gasteiger partial charge on any atom is 0.307 e. The molecule has 0 radical (unpaired) electrons. The summed E-state index contributed by atoms with van der Waals surface area (Å²) in [6.45, 7) is 5.18. The van der Waals surface area contributed by atoms with E-state index < -0.39 is 21.4 Å². The Morgan fingerprint density at radius 2 is 1.12 bits per heavy atom. The number of nitrogens with zero attached hydrogens (tertiary/aromatic N) is 8. The summed E-state index contributed by atoms with van der Waals surface area (Å²) < 4.78 is 35.2. The van der Waals surface area contributed by atoms with Crippen molar-refractivity contribution < 1.29 is 33.2 Å². The van der Waals surface area contributed by atoms with E-state index in [0.717, 1.165) is 79.9 Å². The van der Waals surface area contributed by atoms with Gasteiger partial charge in [0.1, 0.15) is 28.7 Å². The number of methoxy groups -OCH3 is 4. The average molecular weight is 929 g/mol. The second-order valence-electron chi connectivity index (χ2n) is 15.7. The molecule has 352 valence electrons. The summed E-state index contributed by atoms with van der Waals surface area (Å²) in [5, 5.41) is 31.0. The molecule has 0 amide bonds. The topological polar surface area (TPSA) is 237 Å². The summed E-state index contributed by atoms with van der Waals surface area (Å²) >= 11 is 0. The molecule has 0 fully saturated rings. The number of nitrogens with one attached hydrogen (secondary N) is 4. The number of aryl methyl sites for hydroxylation is 2. The van der Waals surface area contributed by atoms with Crippen molar-refractivity contribution in [3.05, 3.63) is 123 Å². The zero-order valence-corrected chi connectivity index (χ0v) is 38.7. The number of anilines is 5. The molecule has 20 nitrogen and oxygen atoms in total. The van der Waals surface area contributed by atoms with Gasteiger partial charge in [-0.1, -0.05) is 0 Å². The highest BCUT2D eigenvalue weighted by molar-refractivity contribution is 5.97. The first-order chi connectivity index (χ1) is 32.6. The highest BCUT2D eigenvalue weighted by Crippen LogP contribution is 2.40. The number of nitro groups is 2. The summed E-state index contributed by atoms with van der Waals surface area (Å²) in [7, 11) is 11.8. The van der Waals surface area contributed by atoms with Crippen LogP contribution in [-0.4, -0.2) is 107 Å². The third-order valence-corrected chi connectivity index (χ3v) is 11.0. The lowest BCUT2D eigenvalue weighted by molar-refractivity contribution is -0.387. The SMILES string of the molecule is COc1ccc2c(-c3nc(Nc4cc([N+](=O)[O-])c(F)cc4OC)ncc3C)c[nH]c2c1.COc1ccc2c(-c3nc(Nc4cc([N+](=O)[O-])c(N(C)CCN(C)C)cc4OC)ncc3C)c[nH]c2c1. The van der Waals surface area contributed by atoms with Crippen LogP contribution in [0.4, 0.5) is 44.7 Å². The zero-order chi connectivity index (χ0) is 48.8. The minimum atomic E-state index is -0.993. The minimum absolute atomic E-state index is 0.0394. The van der Waals surface area contributed by atoms with Gasteiger partial charge in [-0.3, -0.25) is 20.2 Å². The lowest BCUT2D eigenvalue weighted by atomic mass is 10.1. The van der Waals surface area contributed by atoms with Gasteiger partial charge in [0.15, 0.2) is 0 Å². The Labute approximate surface area is 389 Å². The van der Waals surface area contributed by atoms with E-state index in [0.29, 0.717) is 35.3 Å². The normalized spacial score (nSPS) is 11.0. The molecule has 0 aliphatic rings. The van der Waals surface area contributed by atoms with E-state index in [2.05, 4.69) is 35.6 Å². The van der Waals surface area contributed by atoms with E-state index in [1.165, 1.54) is 20.3 Å². The van der Waals surface area contributed by atoms with Gasteiger partial charge in [0.2, 0.25) is 17.7 Å². The molecule has 8 aromatic rings. The first-order valence-corrected chi connectivity index (χ1v) is 20.9. The molecule has 0 bridgehead atoms. The van der Waals surface area contributed by atoms with Crippen molar-refractivity contribution in [2.75, 3.05) is 78.2 Å². The van der Waals surface area contributed by atoms with Gasteiger partial charge in [0.05, 0.1) is 61.0 Å². The van der Waals surface area contributed by atoms with Crippen LogP contribution in [0.25, 0.3) is 44.3 Å². The van der Waals surface area contributed by atoms with Crippen molar-refractivity contribution in [1.82, 2.24) is 34.8 Å². The van der Waals surface area contributed by atoms with Gasteiger partial charge in [0, 0.05) is 114 Å². The number of aromatic amines is 2. The fourth-order valence-electron chi connectivity index (χ4n) is 7.34. The summed E-state index contributed by atoms with van der Waals surface area (Å²) in [5.74, 6) is 1.51. The number of likely N-dealkylation sites (N-methyl/N-ethyl adjacent to an activating group) is 2. The fraction of sp³-hybridized carbons (Fsp3) is 0.234. The summed E-state index contributed by atoms with van der Waals surface area (Å²) in [4.78, 5) is 50.2. The van der Waals surface area contributed by atoms with Crippen LogP contribution in [0.3, 0.4) is 0 Å². The number of aromatic nitrogens is 6. The van der Waals surface area contributed by atoms with Crippen LogP contribution in [0.5, 0.6) is 23.0 Å². The Bertz CT molecular complexity index is 3160. The van der Waals surface area contributed by atoms with Gasteiger partial charge in [-0.05, 0) is 63.3 Å². The molecule has 4 heterocycles. The predicted octanol–water partition coefficient (Wildman–Crippen LogP) is 9.34. The van der Waals surface area contributed by atoms with Gasteiger partial charge < -0.3 is 49.3 Å². The van der Waals surface area contributed by atoms with Gasteiger partial charge in [-0.2, -0.15) is 4.39 Å². The number of ether oxygens (including phenoxy) is 4. The second-order valence-corrected chi connectivity index (χ2v) is 15.7. The van der Waals surface area contributed by atoms with Crippen LogP contribution in [0.1, 0.15) is 11.1 Å². The first-order valence-electron chi connectivity index (χ1n) is 20.9. The van der Waals surface area contributed by atoms with Crippen molar-refractivity contribution in [2.24, 2.45) is 0 Å². The zero-order valence-electron chi connectivity index (χ0n) is 38.7. The molecule has 21 heteroatoms. The van der Waals surface area contributed by atoms with Gasteiger partial charge in [-0.25, -0.2) is 19.9 Å². The van der Waals surface area contributed by atoms with Crippen molar-refractivity contribution in [3.63, 3.8) is 0 Å². The summed E-state index contributed by atoms with van der Waals surface area (Å²) in [6.07, 6.45) is 7.09. The number of hydrogen-bond donors (Lipinski definition) is 4. The van der Waals surface area contributed by atoms with Crippen molar-refractivity contribution >= 4 is 62.1 Å².